The summed E-state index contributed by atoms with van der Waals surface area (Å²) < 4.78 is 13.6. The second-order valence-corrected chi connectivity index (χ2v) is 12.7. The molecule has 11 heteroatoms. The second kappa shape index (κ2) is 13.6. The van der Waals surface area contributed by atoms with Crippen molar-refractivity contribution < 1.29 is 14.3 Å². The van der Waals surface area contributed by atoms with E-state index in [1.165, 1.54) is 11.3 Å². The molecule has 1 atom stereocenters. The molecule has 6 rings (SSSR count). The SMILES string of the molecule is COc1cccc([C@@H]2C(C(=O)Nc3ccccc3)=C(C)N=c3s/c(=C\c4cc(Cl)ccc4OCc4ccc(Cl)c(Cl)c4)c(=O)n32)c1. The molecule has 46 heavy (non-hydrogen) atoms. The van der Waals surface area contributed by atoms with E-state index in [2.05, 4.69) is 5.32 Å². The number of hydrogen-bond donors (Lipinski definition) is 1. The molecule has 0 aliphatic carbocycles. The molecule has 1 aliphatic rings. The van der Waals surface area contributed by atoms with Gasteiger partial charge >= 0.3 is 0 Å². The van der Waals surface area contributed by atoms with Gasteiger partial charge in [-0.1, -0.05) is 82.5 Å². The Balaban J connectivity index is 1.44. The van der Waals surface area contributed by atoms with Gasteiger partial charge in [-0.3, -0.25) is 14.2 Å². The van der Waals surface area contributed by atoms with E-state index in [0.717, 1.165) is 5.56 Å². The largest absolute Gasteiger partial charge is 0.497 e. The van der Waals surface area contributed by atoms with Crippen LogP contribution in [0.1, 0.15) is 29.7 Å². The van der Waals surface area contributed by atoms with Crippen LogP contribution in [0.15, 0.2) is 112 Å². The van der Waals surface area contributed by atoms with Crippen LogP contribution >= 0.6 is 46.1 Å². The topological polar surface area (TPSA) is 81.9 Å². The minimum Gasteiger partial charge on any atom is -0.497 e. The molecule has 0 saturated carbocycles. The molecule has 2 heterocycles. The van der Waals surface area contributed by atoms with Crippen LogP contribution in [-0.4, -0.2) is 17.6 Å². The number of anilines is 1. The minimum atomic E-state index is -0.762. The molecule has 0 bridgehead atoms. The number of methoxy groups -OCH3 is 1. The van der Waals surface area contributed by atoms with E-state index in [-0.39, 0.29) is 18.1 Å². The molecule has 1 aliphatic heterocycles. The fourth-order valence-electron chi connectivity index (χ4n) is 5.15. The lowest BCUT2D eigenvalue weighted by atomic mass is 9.95. The lowest BCUT2D eigenvalue weighted by molar-refractivity contribution is -0.113. The molecule has 1 amide bonds. The zero-order valence-corrected chi connectivity index (χ0v) is 27.7. The van der Waals surface area contributed by atoms with Crippen LogP contribution in [0.5, 0.6) is 11.5 Å². The van der Waals surface area contributed by atoms with Gasteiger partial charge in [-0.25, -0.2) is 4.99 Å². The highest BCUT2D eigenvalue weighted by atomic mass is 35.5. The quantitative estimate of drug-likeness (QED) is 0.184. The van der Waals surface area contributed by atoms with Gasteiger partial charge < -0.3 is 14.8 Å². The van der Waals surface area contributed by atoms with Gasteiger partial charge in [0.2, 0.25) is 0 Å². The fourth-order valence-corrected chi connectivity index (χ4v) is 6.69. The van der Waals surface area contributed by atoms with Crippen LogP contribution in [-0.2, 0) is 11.4 Å². The summed E-state index contributed by atoms with van der Waals surface area (Å²) in [7, 11) is 1.57. The van der Waals surface area contributed by atoms with E-state index in [1.807, 2.05) is 48.5 Å². The van der Waals surface area contributed by atoms with Crippen molar-refractivity contribution in [3.05, 3.63) is 154 Å². The van der Waals surface area contributed by atoms with Gasteiger partial charge in [0.1, 0.15) is 18.1 Å². The summed E-state index contributed by atoms with van der Waals surface area (Å²) in [5.74, 6) is 0.756. The number of hydrogen-bond acceptors (Lipinski definition) is 6. The fraction of sp³-hybridized carbons (Fsp3) is 0.114. The Morgan fingerprint density at radius 2 is 1.78 bits per heavy atom. The van der Waals surface area contributed by atoms with Gasteiger partial charge in [0.15, 0.2) is 4.80 Å². The zero-order chi connectivity index (χ0) is 32.4. The summed E-state index contributed by atoms with van der Waals surface area (Å²) in [6.07, 6.45) is 1.73. The molecule has 232 valence electrons. The lowest BCUT2D eigenvalue weighted by Crippen LogP contribution is -2.40. The first-order chi connectivity index (χ1) is 22.2. The van der Waals surface area contributed by atoms with Gasteiger partial charge in [-0.2, -0.15) is 0 Å². The first-order valence-electron chi connectivity index (χ1n) is 14.1. The highest BCUT2D eigenvalue weighted by molar-refractivity contribution is 7.07. The number of ether oxygens (including phenoxy) is 2. The number of allylic oxidation sites excluding steroid dienone is 1. The third-order valence-electron chi connectivity index (χ3n) is 7.34. The normalized spacial score (nSPS) is 14.5. The molecule has 1 aromatic heterocycles. The van der Waals surface area contributed by atoms with E-state index in [4.69, 9.17) is 49.3 Å². The molecule has 5 aromatic rings. The molecule has 0 saturated heterocycles. The number of fused-ring (bicyclic) bond motifs is 1. The maximum absolute atomic E-state index is 14.2. The molecule has 0 fully saturated rings. The number of benzene rings is 4. The third-order valence-corrected chi connectivity index (χ3v) is 9.30. The van der Waals surface area contributed by atoms with E-state index >= 15 is 0 Å². The average Bonchev–Trinajstić information content (AvgIpc) is 3.35. The van der Waals surface area contributed by atoms with Crippen LogP contribution in [0.3, 0.4) is 0 Å². The number of thiazole rings is 1. The number of amides is 1. The third kappa shape index (κ3) is 6.62. The van der Waals surface area contributed by atoms with Crippen molar-refractivity contribution in [1.29, 1.82) is 0 Å². The highest BCUT2D eigenvalue weighted by Gasteiger charge is 2.33. The van der Waals surface area contributed by atoms with Crippen LogP contribution in [0.25, 0.3) is 6.08 Å². The van der Waals surface area contributed by atoms with Gasteiger partial charge in [0, 0.05) is 16.3 Å². The number of nitrogens with zero attached hydrogens (tertiary/aromatic N) is 2. The minimum absolute atomic E-state index is 0.218. The zero-order valence-electron chi connectivity index (χ0n) is 24.6. The highest BCUT2D eigenvalue weighted by Crippen LogP contribution is 2.33. The summed E-state index contributed by atoms with van der Waals surface area (Å²) in [6, 6.07) is 26.2. The Hall–Kier alpha value is -4.34. The average molecular weight is 691 g/mol. The molecular formula is C35H26Cl3N3O4S. The standard InChI is InChI=1S/C35H26Cl3N3O4S/c1-20-31(33(42)40-25-8-4-3-5-9-25)32(22-7-6-10-26(17-22)44-2)41-34(43)30(46-35(41)39-20)18-23-16-24(36)12-14-29(23)45-19-21-11-13-27(37)28(38)15-21/h3-18,32H,19H2,1-2H3,(H,40,42)/b30-18-/t32-/m1/s1. The first-order valence-corrected chi connectivity index (χ1v) is 16.1. The Morgan fingerprint density at radius 3 is 2.54 bits per heavy atom. The van der Waals surface area contributed by atoms with Crippen LogP contribution in [0.4, 0.5) is 5.69 Å². The number of halogens is 3. The predicted octanol–water partition coefficient (Wildman–Crippen LogP) is 7.42. The van der Waals surface area contributed by atoms with Crippen LogP contribution in [0, 0.1) is 0 Å². The van der Waals surface area contributed by atoms with E-state index < -0.39 is 6.04 Å². The molecular weight excluding hydrogens is 665 g/mol. The Kier molecular flexibility index (Phi) is 9.33. The number of aromatic nitrogens is 1. The van der Waals surface area contributed by atoms with Gasteiger partial charge in [-0.15, -0.1) is 0 Å². The number of carbonyl (C=O) groups is 1. The van der Waals surface area contributed by atoms with E-state index in [0.29, 0.717) is 64.0 Å². The summed E-state index contributed by atoms with van der Waals surface area (Å²) in [5.41, 5.74) is 3.30. The van der Waals surface area contributed by atoms with Crippen molar-refractivity contribution in [2.45, 2.75) is 19.6 Å². The monoisotopic (exact) mass is 689 g/mol. The summed E-state index contributed by atoms with van der Waals surface area (Å²) in [5, 5.41) is 4.32. The smallest absolute Gasteiger partial charge is 0.271 e. The van der Waals surface area contributed by atoms with Crippen LogP contribution < -0.4 is 29.7 Å². The maximum atomic E-state index is 14.2. The van der Waals surface area contributed by atoms with Gasteiger partial charge in [-0.05, 0) is 78.7 Å². The molecule has 0 unspecified atom stereocenters. The number of rotatable bonds is 8. The molecule has 0 spiro atoms. The number of nitrogens with one attached hydrogen (secondary N) is 1. The second-order valence-electron chi connectivity index (χ2n) is 10.4. The van der Waals surface area contributed by atoms with Crippen molar-refractivity contribution in [1.82, 2.24) is 4.57 Å². The van der Waals surface area contributed by atoms with Crippen molar-refractivity contribution in [3.63, 3.8) is 0 Å². The summed E-state index contributed by atoms with van der Waals surface area (Å²) in [6.45, 7) is 1.99. The Morgan fingerprint density at radius 1 is 0.978 bits per heavy atom. The van der Waals surface area contributed by atoms with Crippen molar-refractivity contribution in [2.75, 3.05) is 12.4 Å². The van der Waals surface area contributed by atoms with E-state index in [1.54, 1.807) is 67.1 Å². The number of para-hydroxylation sites is 1. The van der Waals surface area contributed by atoms with Crippen LogP contribution in [0.2, 0.25) is 15.1 Å². The molecule has 1 N–H and O–H groups in total. The van der Waals surface area contributed by atoms with Crippen molar-refractivity contribution in [2.24, 2.45) is 4.99 Å². The van der Waals surface area contributed by atoms with Gasteiger partial charge in [0.05, 0.1) is 39.0 Å². The number of carbonyl (C=O) groups excluding carboxylic acids is 1. The predicted molar refractivity (Wildman–Crippen MR) is 184 cm³/mol. The first kappa shape index (κ1) is 31.6. The van der Waals surface area contributed by atoms with E-state index in [9.17, 15) is 9.59 Å². The Bertz CT molecular complexity index is 2180. The molecule has 0 radical (unpaired) electrons. The van der Waals surface area contributed by atoms with Crippen molar-refractivity contribution in [3.8, 4) is 11.5 Å². The Labute approximate surface area is 283 Å². The van der Waals surface area contributed by atoms with Crippen molar-refractivity contribution >= 4 is 63.8 Å². The lowest BCUT2D eigenvalue weighted by Gasteiger charge is -2.25. The molecule has 7 nitrogen and oxygen atoms in total. The summed E-state index contributed by atoms with van der Waals surface area (Å²) in [4.78, 5) is 33.2. The molecule has 4 aromatic carbocycles. The summed E-state index contributed by atoms with van der Waals surface area (Å²) >= 11 is 19.8. The van der Waals surface area contributed by atoms with Gasteiger partial charge in [0.25, 0.3) is 11.5 Å². The maximum Gasteiger partial charge on any atom is 0.271 e.